The van der Waals surface area contributed by atoms with Crippen molar-refractivity contribution >= 4 is 44.7 Å². The van der Waals surface area contributed by atoms with Crippen molar-refractivity contribution in [2.75, 3.05) is 10.5 Å². The van der Waals surface area contributed by atoms with E-state index in [-0.39, 0.29) is 32.1 Å². The summed E-state index contributed by atoms with van der Waals surface area (Å²) in [6.45, 7) is 1.44. The molecule has 0 aliphatic heterocycles. The average Bonchev–Trinajstić information content (AvgIpc) is 2.40. The highest BCUT2D eigenvalue weighted by Crippen LogP contribution is 2.28. The Morgan fingerprint density at radius 1 is 1.29 bits per heavy atom. The van der Waals surface area contributed by atoms with Gasteiger partial charge in [-0.15, -0.1) is 0 Å². The molecule has 0 saturated heterocycles. The summed E-state index contributed by atoms with van der Waals surface area (Å²) in [5.41, 5.74) is 5.74. The van der Waals surface area contributed by atoms with Crippen LogP contribution < -0.4 is 10.5 Å². The summed E-state index contributed by atoms with van der Waals surface area (Å²) in [6.07, 6.45) is 1.04. The number of nitrogen functional groups attached to an aromatic ring is 1. The number of sulfonamides is 1. The van der Waals surface area contributed by atoms with E-state index in [1.165, 1.54) is 6.92 Å². The number of rotatable bonds is 3. The van der Waals surface area contributed by atoms with E-state index < -0.39 is 15.8 Å². The molecule has 1 heterocycles. The maximum absolute atomic E-state index is 13.6. The Kier molecular flexibility index (Phi) is 4.22. The van der Waals surface area contributed by atoms with E-state index in [4.69, 9.17) is 28.9 Å². The van der Waals surface area contributed by atoms with Crippen molar-refractivity contribution in [3.8, 4) is 0 Å². The highest BCUT2D eigenvalue weighted by molar-refractivity contribution is 7.92. The molecule has 21 heavy (non-hydrogen) atoms. The summed E-state index contributed by atoms with van der Waals surface area (Å²) in [5, 5.41) is -0.276. The van der Waals surface area contributed by atoms with Gasteiger partial charge in [-0.2, -0.15) is 0 Å². The standard InChI is InChI=1S/C11H9Cl2FN4O2S/c1-5-7(14)2-6(3-8(5)15)21(19,20)18-11-9(12)10(13)16-4-17-11/h2-4H,15H2,1H3,(H,16,17,18). The Balaban J connectivity index is 2.46. The maximum Gasteiger partial charge on any atom is 0.263 e. The van der Waals surface area contributed by atoms with Crippen LogP contribution in [0.5, 0.6) is 0 Å². The van der Waals surface area contributed by atoms with Gasteiger partial charge in [0.25, 0.3) is 10.0 Å². The van der Waals surface area contributed by atoms with Crippen LogP contribution in [0.2, 0.25) is 10.2 Å². The Labute approximate surface area is 130 Å². The van der Waals surface area contributed by atoms with Crippen LogP contribution >= 0.6 is 23.2 Å². The third-order valence-electron chi connectivity index (χ3n) is 2.65. The molecule has 2 rings (SSSR count). The molecule has 0 aliphatic rings. The molecule has 0 saturated carbocycles. The Morgan fingerprint density at radius 3 is 2.57 bits per heavy atom. The number of nitrogens with one attached hydrogen (secondary N) is 1. The zero-order valence-corrected chi connectivity index (χ0v) is 12.9. The zero-order valence-electron chi connectivity index (χ0n) is 10.6. The van der Waals surface area contributed by atoms with Gasteiger partial charge in [-0.3, -0.25) is 4.72 Å². The number of hydrogen-bond donors (Lipinski definition) is 2. The molecule has 0 aliphatic carbocycles. The van der Waals surface area contributed by atoms with E-state index in [9.17, 15) is 12.8 Å². The summed E-state index contributed by atoms with van der Waals surface area (Å²) < 4.78 is 40.1. The number of anilines is 2. The molecule has 6 nitrogen and oxygen atoms in total. The second kappa shape index (κ2) is 5.63. The molecule has 1 aromatic carbocycles. The lowest BCUT2D eigenvalue weighted by molar-refractivity contribution is 0.593. The first-order chi connectivity index (χ1) is 9.72. The SMILES string of the molecule is Cc1c(N)cc(S(=O)(=O)Nc2ncnc(Cl)c2Cl)cc1F. The summed E-state index contributed by atoms with van der Waals surface area (Å²) in [5.74, 6) is -0.946. The van der Waals surface area contributed by atoms with Crippen molar-refractivity contribution in [2.45, 2.75) is 11.8 Å². The van der Waals surface area contributed by atoms with Crippen LogP contribution in [0.4, 0.5) is 15.9 Å². The molecule has 112 valence electrons. The normalized spacial score (nSPS) is 11.4. The van der Waals surface area contributed by atoms with Crippen LogP contribution in [-0.2, 0) is 10.0 Å². The fourth-order valence-electron chi connectivity index (χ4n) is 1.44. The van der Waals surface area contributed by atoms with E-state index in [0.29, 0.717) is 0 Å². The monoisotopic (exact) mass is 350 g/mol. The lowest BCUT2D eigenvalue weighted by atomic mass is 10.2. The van der Waals surface area contributed by atoms with Crippen molar-refractivity contribution < 1.29 is 12.8 Å². The second-order valence-electron chi connectivity index (χ2n) is 4.05. The van der Waals surface area contributed by atoms with Gasteiger partial charge in [0.1, 0.15) is 17.2 Å². The van der Waals surface area contributed by atoms with Crippen LogP contribution in [0.3, 0.4) is 0 Å². The van der Waals surface area contributed by atoms with Gasteiger partial charge < -0.3 is 5.73 Å². The summed E-state index contributed by atoms with van der Waals surface area (Å²) in [4.78, 5) is 6.91. The van der Waals surface area contributed by atoms with Gasteiger partial charge in [-0.25, -0.2) is 22.8 Å². The molecule has 0 amide bonds. The van der Waals surface area contributed by atoms with Gasteiger partial charge in [0.15, 0.2) is 11.0 Å². The summed E-state index contributed by atoms with van der Waals surface area (Å²) >= 11 is 11.5. The molecule has 0 radical (unpaired) electrons. The molecular formula is C11H9Cl2FN4O2S. The molecule has 0 spiro atoms. The molecule has 0 bridgehead atoms. The van der Waals surface area contributed by atoms with Crippen LogP contribution in [0.1, 0.15) is 5.56 Å². The fraction of sp³-hybridized carbons (Fsp3) is 0.0909. The quantitative estimate of drug-likeness (QED) is 0.654. The Hall–Kier alpha value is -1.64. The molecule has 1 aromatic heterocycles. The van der Waals surface area contributed by atoms with E-state index in [2.05, 4.69) is 14.7 Å². The first-order valence-electron chi connectivity index (χ1n) is 5.47. The minimum Gasteiger partial charge on any atom is -0.398 e. The van der Waals surface area contributed by atoms with Gasteiger partial charge >= 0.3 is 0 Å². The molecule has 0 unspecified atom stereocenters. The average molecular weight is 351 g/mol. The van der Waals surface area contributed by atoms with Crippen LogP contribution in [0.15, 0.2) is 23.4 Å². The van der Waals surface area contributed by atoms with E-state index >= 15 is 0 Å². The van der Waals surface area contributed by atoms with Crippen molar-refractivity contribution in [2.24, 2.45) is 0 Å². The molecule has 0 atom stereocenters. The number of halogens is 3. The molecular weight excluding hydrogens is 342 g/mol. The highest BCUT2D eigenvalue weighted by atomic mass is 35.5. The molecule has 10 heteroatoms. The van der Waals surface area contributed by atoms with Gasteiger partial charge in [0.2, 0.25) is 0 Å². The maximum atomic E-state index is 13.6. The van der Waals surface area contributed by atoms with Gasteiger partial charge in [-0.05, 0) is 19.1 Å². The lowest BCUT2D eigenvalue weighted by Crippen LogP contribution is -2.15. The van der Waals surface area contributed by atoms with Crippen molar-refractivity contribution in [1.82, 2.24) is 9.97 Å². The zero-order chi connectivity index (χ0) is 15.8. The Bertz CT molecular complexity index is 791. The molecule has 2 aromatic rings. The minimum atomic E-state index is -4.12. The van der Waals surface area contributed by atoms with Crippen LogP contribution in [-0.4, -0.2) is 18.4 Å². The number of hydrogen-bond acceptors (Lipinski definition) is 5. The van der Waals surface area contributed by atoms with Crippen molar-refractivity contribution in [1.29, 1.82) is 0 Å². The first-order valence-corrected chi connectivity index (χ1v) is 7.70. The molecule has 0 fully saturated rings. The number of benzene rings is 1. The van der Waals surface area contributed by atoms with Crippen molar-refractivity contribution in [3.05, 3.63) is 40.0 Å². The predicted molar refractivity (Wildman–Crippen MR) is 78.4 cm³/mol. The van der Waals surface area contributed by atoms with Gasteiger partial charge in [-0.1, -0.05) is 23.2 Å². The van der Waals surface area contributed by atoms with Gasteiger partial charge in [0.05, 0.1) is 4.90 Å². The number of nitrogens with two attached hydrogens (primary N) is 1. The highest BCUT2D eigenvalue weighted by Gasteiger charge is 2.20. The minimum absolute atomic E-state index is 0.0159. The second-order valence-corrected chi connectivity index (χ2v) is 6.47. The fourth-order valence-corrected chi connectivity index (χ4v) is 2.84. The van der Waals surface area contributed by atoms with Crippen LogP contribution in [0.25, 0.3) is 0 Å². The largest absolute Gasteiger partial charge is 0.398 e. The molecule has 3 N–H and O–H groups in total. The van der Waals surface area contributed by atoms with Gasteiger partial charge in [0, 0.05) is 11.3 Å². The Morgan fingerprint density at radius 2 is 1.95 bits per heavy atom. The van der Waals surface area contributed by atoms with Crippen molar-refractivity contribution in [3.63, 3.8) is 0 Å². The first kappa shape index (κ1) is 15.7. The number of nitrogens with zero attached hydrogens (tertiary/aromatic N) is 2. The van der Waals surface area contributed by atoms with E-state index in [0.717, 1.165) is 18.5 Å². The summed E-state index contributed by atoms with van der Waals surface area (Å²) in [7, 11) is -4.12. The predicted octanol–water partition coefficient (Wildman–Crippen LogP) is 2.61. The number of aromatic nitrogens is 2. The van der Waals surface area contributed by atoms with E-state index in [1.807, 2.05) is 0 Å². The van der Waals surface area contributed by atoms with E-state index in [1.54, 1.807) is 0 Å². The topological polar surface area (TPSA) is 98.0 Å². The smallest absolute Gasteiger partial charge is 0.263 e. The summed E-state index contributed by atoms with van der Waals surface area (Å²) in [6, 6.07) is 1.99. The lowest BCUT2D eigenvalue weighted by Gasteiger charge is -2.10. The third-order valence-corrected chi connectivity index (χ3v) is 4.71. The third kappa shape index (κ3) is 3.17. The van der Waals surface area contributed by atoms with Crippen LogP contribution in [0, 0.1) is 12.7 Å².